The minimum Gasteiger partial charge on any atom is -0.441 e. The molecule has 0 radical (unpaired) electrons. The Morgan fingerprint density at radius 2 is 2.29 bits per heavy atom. The molecular formula is C15H20N2O3S. The number of thiophene rings is 1. The lowest BCUT2D eigenvalue weighted by Crippen LogP contribution is -2.39. The monoisotopic (exact) mass is 308 g/mol. The molecule has 2 aromatic rings. The molecule has 2 atom stereocenters. The van der Waals surface area contributed by atoms with Crippen LogP contribution in [0.1, 0.15) is 25.3 Å². The van der Waals surface area contributed by atoms with Gasteiger partial charge < -0.3 is 14.8 Å². The summed E-state index contributed by atoms with van der Waals surface area (Å²) in [6.07, 6.45) is 0.182. The summed E-state index contributed by atoms with van der Waals surface area (Å²) in [5.41, 5.74) is 1.58. The van der Waals surface area contributed by atoms with Crippen molar-refractivity contribution in [2.75, 3.05) is 6.61 Å². The number of hydrogen-bond donors (Lipinski definition) is 2. The van der Waals surface area contributed by atoms with Crippen LogP contribution in [0.3, 0.4) is 0 Å². The molecule has 5 nitrogen and oxygen atoms in total. The van der Waals surface area contributed by atoms with E-state index in [2.05, 4.69) is 10.3 Å². The first-order valence-corrected chi connectivity index (χ1v) is 7.84. The fourth-order valence-electron chi connectivity index (χ4n) is 1.86. The van der Waals surface area contributed by atoms with Gasteiger partial charge in [-0.25, -0.2) is 4.98 Å². The number of rotatable bonds is 6. The van der Waals surface area contributed by atoms with E-state index in [1.165, 1.54) is 0 Å². The highest BCUT2D eigenvalue weighted by molar-refractivity contribution is 7.08. The Morgan fingerprint density at radius 3 is 2.90 bits per heavy atom. The third-order valence-electron chi connectivity index (χ3n) is 3.52. The maximum absolute atomic E-state index is 12.0. The van der Waals surface area contributed by atoms with E-state index in [-0.39, 0.29) is 30.9 Å². The summed E-state index contributed by atoms with van der Waals surface area (Å²) in [6.45, 7) is 5.63. The third kappa shape index (κ3) is 3.92. The Balaban J connectivity index is 2.01. The lowest BCUT2D eigenvalue weighted by atomic mass is 10.1. The van der Waals surface area contributed by atoms with Gasteiger partial charge in [0.2, 0.25) is 11.8 Å². The van der Waals surface area contributed by atoms with Crippen LogP contribution in [0.4, 0.5) is 0 Å². The highest BCUT2D eigenvalue weighted by atomic mass is 32.1. The Labute approximate surface area is 128 Å². The molecule has 0 fully saturated rings. The zero-order valence-electron chi connectivity index (χ0n) is 12.4. The molecule has 0 aromatic carbocycles. The van der Waals surface area contributed by atoms with Gasteiger partial charge in [-0.3, -0.25) is 4.79 Å². The molecule has 2 aromatic heterocycles. The summed E-state index contributed by atoms with van der Waals surface area (Å²) >= 11 is 1.57. The van der Waals surface area contributed by atoms with Gasteiger partial charge in [0.1, 0.15) is 5.76 Å². The SMILES string of the molecule is Cc1oc(-c2ccsc2)nc1CC(=O)NC(C)C(C)CO. The van der Waals surface area contributed by atoms with Crippen LogP contribution in [0, 0.1) is 12.8 Å². The first-order valence-electron chi connectivity index (χ1n) is 6.90. The largest absolute Gasteiger partial charge is 0.441 e. The molecule has 0 saturated heterocycles. The van der Waals surface area contributed by atoms with Crippen molar-refractivity contribution >= 4 is 17.2 Å². The molecule has 2 N–H and O–H groups in total. The van der Waals surface area contributed by atoms with Gasteiger partial charge in [0.15, 0.2) is 0 Å². The topological polar surface area (TPSA) is 75.4 Å². The molecule has 0 aliphatic carbocycles. The van der Waals surface area contributed by atoms with E-state index in [0.717, 1.165) is 5.56 Å². The van der Waals surface area contributed by atoms with Crippen LogP contribution in [-0.2, 0) is 11.2 Å². The number of nitrogens with zero attached hydrogens (tertiary/aromatic N) is 1. The van der Waals surface area contributed by atoms with Crippen molar-refractivity contribution in [3.05, 3.63) is 28.3 Å². The highest BCUT2D eigenvalue weighted by Gasteiger charge is 2.18. The first kappa shape index (κ1) is 15.7. The summed E-state index contributed by atoms with van der Waals surface area (Å²) in [5.74, 6) is 1.12. The third-order valence-corrected chi connectivity index (χ3v) is 4.20. The number of hydrogen-bond acceptors (Lipinski definition) is 5. The van der Waals surface area contributed by atoms with Crippen molar-refractivity contribution in [2.24, 2.45) is 5.92 Å². The van der Waals surface area contributed by atoms with Crippen molar-refractivity contribution < 1.29 is 14.3 Å². The summed E-state index contributed by atoms with van der Waals surface area (Å²) in [7, 11) is 0. The number of carbonyl (C=O) groups is 1. The molecular weight excluding hydrogens is 288 g/mol. The van der Waals surface area contributed by atoms with Crippen LogP contribution in [0.5, 0.6) is 0 Å². The molecule has 21 heavy (non-hydrogen) atoms. The number of aliphatic hydroxyl groups excluding tert-OH is 1. The van der Waals surface area contributed by atoms with Crippen molar-refractivity contribution in [3.63, 3.8) is 0 Å². The number of amides is 1. The van der Waals surface area contributed by atoms with Gasteiger partial charge in [0.25, 0.3) is 0 Å². The average Bonchev–Trinajstić information content (AvgIpc) is 3.08. The zero-order valence-corrected chi connectivity index (χ0v) is 13.2. The number of nitrogens with one attached hydrogen (secondary N) is 1. The van der Waals surface area contributed by atoms with Gasteiger partial charge in [-0.05, 0) is 31.2 Å². The van der Waals surface area contributed by atoms with Crippen molar-refractivity contribution in [2.45, 2.75) is 33.2 Å². The van der Waals surface area contributed by atoms with Crippen molar-refractivity contribution in [1.29, 1.82) is 0 Å². The van der Waals surface area contributed by atoms with Crippen molar-refractivity contribution in [3.8, 4) is 11.5 Å². The summed E-state index contributed by atoms with van der Waals surface area (Å²) < 4.78 is 5.61. The number of aromatic nitrogens is 1. The lowest BCUT2D eigenvalue weighted by molar-refractivity contribution is -0.121. The molecule has 2 rings (SSSR count). The Kier molecular flexibility index (Phi) is 5.14. The number of oxazole rings is 1. The second kappa shape index (κ2) is 6.87. The normalized spacial score (nSPS) is 13.9. The Morgan fingerprint density at radius 1 is 1.52 bits per heavy atom. The molecule has 0 aliphatic heterocycles. The summed E-state index contributed by atoms with van der Waals surface area (Å²) in [6, 6.07) is 1.86. The smallest absolute Gasteiger partial charge is 0.227 e. The highest BCUT2D eigenvalue weighted by Crippen LogP contribution is 2.24. The number of carbonyl (C=O) groups excluding carboxylic acids is 1. The van der Waals surface area contributed by atoms with E-state index in [4.69, 9.17) is 9.52 Å². The minimum atomic E-state index is -0.115. The predicted molar refractivity (Wildman–Crippen MR) is 82.1 cm³/mol. The minimum absolute atomic E-state index is 0.0220. The Hall–Kier alpha value is -1.66. The van der Waals surface area contributed by atoms with Gasteiger partial charge >= 0.3 is 0 Å². The maximum atomic E-state index is 12.0. The van der Waals surface area contributed by atoms with Crippen LogP contribution in [-0.4, -0.2) is 28.6 Å². The number of aliphatic hydroxyl groups is 1. The summed E-state index contributed by atoms with van der Waals surface area (Å²) in [4.78, 5) is 16.4. The quantitative estimate of drug-likeness (QED) is 0.859. The van der Waals surface area contributed by atoms with Gasteiger partial charge in [-0.15, -0.1) is 0 Å². The van der Waals surface area contributed by atoms with Crippen LogP contribution in [0.25, 0.3) is 11.5 Å². The van der Waals surface area contributed by atoms with E-state index < -0.39 is 0 Å². The van der Waals surface area contributed by atoms with Gasteiger partial charge in [-0.1, -0.05) is 6.92 Å². The standard InChI is InChI=1S/C15H20N2O3S/c1-9(7-18)10(2)16-14(19)6-13-11(3)20-15(17-13)12-4-5-21-8-12/h4-5,8-10,18H,6-7H2,1-3H3,(H,16,19). The lowest BCUT2D eigenvalue weighted by Gasteiger charge is -2.18. The first-order chi connectivity index (χ1) is 10.0. The van der Waals surface area contributed by atoms with Gasteiger partial charge in [-0.2, -0.15) is 11.3 Å². The van der Waals surface area contributed by atoms with Gasteiger partial charge in [0, 0.05) is 23.6 Å². The Bertz CT molecular complexity index is 592. The molecule has 0 spiro atoms. The molecule has 0 aliphatic rings. The predicted octanol–water partition coefficient (Wildman–Crippen LogP) is 2.39. The average molecular weight is 308 g/mol. The molecule has 0 saturated carbocycles. The molecule has 114 valence electrons. The molecule has 0 bridgehead atoms. The van der Waals surface area contributed by atoms with E-state index >= 15 is 0 Å². The fourth-order valence-corrected chi connectivity index (χ4v) is 2.49. The maximum Gasteiger partial charge on any atom is 0.227 e. The van der Waals surface area contributed by atoms with Crippen LogP contribution in [0.2, 0.25) is 0 Å². The molecule has 6 heteroatoms. The van der Waals surface area contributed by atoms with Crippen LogP contribution in [0.15, 0.2) is 21.2 Å². The van der Waals surface area contributed by atoms with E-state index in [1.54, 1.807) is 11.3 Å². The fraction of sp³-hybridized carbons (Fsp3) is 0.467. The molecule has 1 amide bonds. The van der Waals surface area contributed by atoms with Gasteiger partial charge in [0.05, 0.1) is 12.1 Å². The van der Waals surface area contributed by atoms with E-state index in [9.17, 15) is 4.79 Å². The molecule has 2 heterocycles. The second-order valence-corrected chi connectivity index (χ2v) is 6.01. The van der Waals surface area contributed by atoms with E-state index in [0.29, 0.717) is 17.3 Å². The molecule has 2 unspecified atom stereocenters. The van der Waals surface area contributed by atoms with Crippen LogP contribution >= 0.6 is 11.3 Å². The second-order valence-electron chi connectivity index (χ2n) is 5.23. The number of aryl methyl sites for hydroxylation is 1. The van der Waals surface area contributed by atoms with Crippen molar-refractivity contribution in [1.82, 2.24) is 10.3 Å². The van der Waals surface area contributed by atoms with Crippen LogP contribution < -0.4 is 5.32 Å². The zero-order chi connectivity index (χ0) is 15.4. The summed E-state index contributed by atoms with van der Waals surface area (Å²) in [5, 5.41) is 15.9. The van der Waals surface area contributed by atoms with E-state index in [1.807, 2.05) is 37.6 Å².